The van der Waals surface area contributed by atoms with Crippen LogP contribution in [0.5, 0.6) is 0 Å². The van der Waals surface area contributed by atoms with Crippen molar-refractivity contribution in [2.24, 2.45) is 0 Å². The maximum Gasteiger partial charge on any atom is 0.176 e. The molecule has 0 radical (unpaired) electrons. The summed E-state index contributed by atoms with van der Waals surface area (Å²) in [5, 5.41) is 8.24. The molecule has 1 aromatic carbocycles. The monoisotopic (exact) mass is 348 g/mol. The van der Waals surface area contributed by atoms with Crippen LogP contribution in [0.4, 0.5) is 4.39 Å². The first-order valence-electron chi connectivity index (χ1n) is 8.33. The number of benzene rings is 1. The first kappa shape index (κ1) is 16.1. The second kappa shape index (κ2) is 6.82. The van der Waals surface area contributed by atoms with Gasteiger partial charge in [-0.25, -0.2) is 14.1 Å². The van der Waals surface area contributed by atoms with E-state index in [1.807, 2.05) is 22.5 Å². The molecule has 4 rings (SSSR count). The summed E-state index contributed by atoms with van der Waals surface area (Å²) in [7, 11) is 1.65. The molecule has 2 aliphatic heterocycles. The van der Waals surface area contributed by atoms with Crippen LogP contribution in [0.1, 0.15) is 36.1 Å². The van der Waals surface area contributed by atoms with Crippen molar-refractivity contribution in [2.75, 3.05) is 12.9 Å². The minimum Gasteiger partial charge on any atom is -0.377 e. The molecule has 3 heterocycles. The van der Waals surface area contributed by atoms with E-state index in [4.69, 9.17) is 4.74 Å². The van der Waals surface area contributed by atoms with Gasteiger partial charge in [-0.2, -0.15) is 5.10 Å². The number of hydrogen-bond acceptors (Lipinski definition) is 5. The van der Waals surface area contributed by atoms with E-state index in [0.717, 1.165) is 48.8 Å². The Morgan fingerprint density at radius 1 is 1.42 bits per heavy atom. The first-order chi connectivity index (χ1) is 11.7. The predicted octanol–water partition coefficient (Wildman–Crippen LogP) is 2.71. The molecule has 1 N–H and O–H groups in total. The van der Waals surface area contributed by atoms with E-state index in [1.54, 1.807) is 19.2 Å². The standard InChI is InChI=1S/C17H21FN4OS/c1-23-10-16-20-17-5-3-12(9-22(17)21-16)19-14-6-7-24-15-4-2-11(18)8-13(14)15/h2,4,8,12,14,19H,3,5-7,9-10H2,1H3/t12-,14-/m1/s1. The quantitative estimate of drug-likeness (QED) is 0.921. The molecule has 0 unspecified atom stereocenters. The maximum absolute atomic E-state index is 13.6. The number of thioether (sulfide) groups is 1. The molecule has 0 saturated heterocycles. The van der Waals surface area contributed by atoms with Gasteiger partial charge in [0.2, 0.25) is 0 Å². The Kier molecular flexibility index (Phi) is 4.56. The van der Waals surface area contributed by atoms with Crippen LogP contribution in [0, 0.1) is 5.82 Å². The number of halogens is 1. The number of ether oxygens (including phenoxy) is 1. The Morgan fingerprint density at radius 2 is 2.33 bits per heavy atom. The fraction of sp³-hybridized carbons (Fsp3) is 0.529. The van der Waals surface area contributed by atoms with E-state index in [1.165, 1.54) is 4.90 Å². The third-order valence-electron chi connectivity index (χ3n) is 4.62. The van der Waals surface area contributed by atoms with Crippen LogP contribution in [-0.4, -0.2) is 33.7 Å². The van der Waals surface area contributed by atoms with Crippen LogP contribution in [0.2, 0.25) is 0 Å². The molecular formula is C17H21FN4OS. The Morgan fingerprint density at radius 3 is 3.21 bits per heavy atom. The zero-order valence-corrected chi connectivity index (χ0v) is 14.5. The van der Waals surface area contributed by atoms with Crippen molar-refractivity contribution >= 4 is 11.8 Å². The molecule has 0 bridgehead atoms. The van der Waals surface area contributed by atoms with Crippen LogP contribution < -0.4 is 5.32 Å². The summed E-state index contributed by atoms with van der Waals surface area (Å²) in [5.74, 6) is 2.69. The summed E-state index contributed by atoms with van der Waals surface area (Å²) in [5.41, 5.74) is 1.09. The molecule has 0 fully saturated rings. The Labute approximate surface area is 145 Å². The van der Waals surface area contributed by atoms with Crippen molar-refractivity contribution in [3.63, 3.8) is 0 Å². The zero-order chi connectivity index (χ0) is 16.5. The van der Waals surface area contributed by atoms with Gasteiger partial charge >= 0.3 is 0 Å². The molecule has 0 spiro atoms. The van der Waals surface area contributed by atoms with Crippen LogP contribution in [0.15, 0.2) is 23.1 Å². The molecule has 0 aliphatic carbocycles. The van der Waals surface area contributed by atoms with Gasteiger partial charge in [0, 0.05) is 30.5 Å². The number of rotatable bonds is 4. The Balaban J connectivity index is 1.48. The predicted molar refractivity (Wildman–Crippen MR) is 90.5 cm³/mol. The van der Waals surface area contributed by atoms with Crippen LogP contribution >= 0.6 is 11.8 Å². The van der Waals surface area contributed by atoms with Gasteiger partial charge in [0.25, 0.3) is 0 Å². The fourth-order valence-electron chi connectivity index (χ4n) is 3.51. The normalized spacial score (nSPS) is 22.9. The van der Waals surface area contributed by atoms with Gasteiger partial charge in [0.15, 0.2) is 5.82 Å². The molecular weight excluding hydrogens is 327 g/mol. The van der Waals surface area contributed by atoms with Crippen LogP contribution in [0.25, 0.3) is 0 Å². The molecule has 7 heteroatoms. The number of fused-ring (bicyclic) bond motifs is 2. The number of aryl methyl sites for hydroxylation is 1. The zero-order valence-electron chi connectivity index (χ0n) is 13.7. The van der Waals surface area contributed by atoms with E-state index >= 15 is 0 Å². The molecule has 2 aromatic rings. The van der Waals surface area contributed by atoms with Crippen molar-refractivity contribution in [3.8, 4) is 0 Å². The molecule has 0 saturated carbocycles. The second-order valence-electron chi connectivity index (χ2n) is 6.33. The van der Waals surface area contributed by atoms with Crippen molar-refractivity contribution in [2.45, 2.75) is 49.4 Å². The number of nitrogens with one attached hydrogen (secondary N) is 1. The number of hydrogen-bond donors (Lipinski definition) is 1. The van der Waals surface area contributed by atoms with E-state index < -0.39 is 0 Å². The van der Waals surface area contributed by atoms with E-state index in [-0.39, 0.29) is 11.9 Å². The van der Waals surface area contributed by atoms with Gasteiger partial charge in [0.05, 0.1) is 6.54 Å². The van der Waals surface area contributed by atoms with Crippen molar-refractivity contribution < 1.29 is 9.13 Å². The lowest BCUT2D eigenvalue weighted by molar-refractivity contribution is 0.177. The van der Waals surface area contributed by atoms with Gasteiger partial charge in [0.1, 0.15) is 18.2 Å². The van der Waals surface area contributed by atoms with Gasteiger partial charge in [-0.3, -0.25) is 0 Å². The third kappa shape index (κ3) is 3.20. The minimum atomic E-state index is -0.158. The highest BCUT2D eigenvalue weighted by Gasteiger charge is 2.27. The molecule has 2 atom stereocenters. The van der Waals surface area contributed by atoms with Crippen LogP contribution in [-0.2, 0) is 24.3 Å². The van der Waals surface area contributed by atoms with Gasteiger partial charge < -0.3 is 10.1 Å². The first-order valence-corrected chi connectivity index (χ1v) is 9.31. The molecule has 0 amide bonds. The number of nitrogens with zero attached hydrogens (tertiary/aromatic N) is 3. The highest BCUT2D eigenvalue weighted by molar-refractivity contribution is 7.99. The third-order valence-corrected chi connectivity index (χ3v) is 5.75. The highest BCUT2D eigenvalue weighted by Crippen LogP contribution is 2.37. The van der Waals surface area contributed by atoms with Crippen molar-refractivity contribution in [3.05, 3.63) is 41.2 Å². The minimum absolute atomic E-state index is 0.158. The summed E-state index contributed by atoms with van der Waals surface area (Å²) in [6, 6.07) is 5.67. The average molecular weight is 348 g/mol. The summed E-state index contributed by atoms with van der Waals surface area (Å²) in [6.45, 7) is 1.25. The molecule has 2 aliphatic rings. The SMILES string of the molecule is COCc1nc2n(n1)C[C@H](N[C@@H]1CCSc3ccc(F)cc31)CC2. The molecule has 24 heavy (non-hydrogen) atoms. The summed E-state index contributed by atoms with van der Waals surface area (Å²) >= 11 is 1.81. The lowest BCUT2D eigenvalue weighted by Crippen LogP contribution is -2.40. The molecule has 128 valence electrons. The topological polar surface area (TPSA) is 52.0 Å². The summed E-state index contributed by atoms with van der Waals surface area (Å²) < 4.78 is 20.7. The second-order valence-corrected chi connectivity index (χ2v) is 7.47. The summed E-state index contributed by atoms with van der Waals surface area (Å²) in [6.07, 6.45) is 2.96. The van der Waals surface area contributed by atoms with E-state index in [0.29, 0.717) is 12.6 Å². The lowest BCUT2D eigenvalue weighted by Gasteiger charge is -2.32. The van der Waals surface area contributed by atoms with Gasteiger partial charge in [-0.15, -0.1) is 11.8 Å². The number of methoxy groups -OCH3 is 1. The van der Waals surface area contributed by atoms with Gasteiger partial charge in [-0.05, 0) is 42.4 Å². The Bertz CT molecular complexity index is 735. The van der Waals surface area contributed by atoms with Crippen molar-refractivity contribution in [1.82, 2.24) is 20.1 Å². The average Bonchev–Trinajstić information content (AvgIpc) is 2.97. The molecule has 5 nitrogen and oxygen atoms in total. The van der Waals surface area contributed by atoms with Crippen molar-refractivity contribution in [1.29, 1.82) is 0 Å². The highest BCUT2D eigenvalue weighted by atomic mass is 32.2. The number of aromatic nitrogens is 3. The van der Waals surface area contributed by atoms with Crippen LogP contribution in [0.3, 0.4) is 0 Å². The Hall–Kier alpha value is -1.44. The largest absolute Gasteiger partial charge is 0.377 e. The molecule has 1 aromatic heterocycles. The maximum atomic E-state index is 13.6. The summed E-state index contributed by atoms with van der Waals surface area (Å²) in [4.78, 5) is 5.71. The lowest BCUT2D eigenvalue weighted by atomic mass is 10.00. The smallest absolute Gasteiger partial charge is 0.176 e. The van der Waals surface area contributed by atoms with E-state index in [2.05, 4.69) is 15.4 Å². The van der Waals surface area contributed by atoms with E-state index in [9.17, 15) is 4.39 Å². The van der Waals surface area contributed by atoms with Gasteiger partial charge in [-0.1, -0.05) is 0 Å². The fourth-order valence-corrected chi connectivity index (χ4v) is 4.62.